The lowest BCUT2D eigenvalue weighted by molar-refractivity contribution is -0.111. The van der Waals surface area contributed by atoms with Crippen molar-refractivity contribution in [1.29, 1.82) is 0 Å². The summed E-state index contributed by atoms with van der Waals surface area (Å²) in [6.45, 7) is 3.90. The van der Waals surface area contributed by atoms with Crippen LogP contribution in [0.3, 0.4) is 0 Å². The van der Waals surface area contributed by atoms with Crippen molar-refractivity contribution >= 4 is 34.8 Å². The van der Waals surface area contributed by atoms with Gasteiger partial charge >= 0.3 is 0 Å². The highest BCUT2D eigenvalue weighted by molar-refractivity contribution is 6.35. The fourth-order valence-corrected chi connectivity index (χ4v) is 2.57. The standard InChI is InChI=1S/C18H16N4O2/c1-4-16-19-10(3)15(21-16)9-13-12-8-11(20-17(23)5-2)6-7-14(12)22-18(13)24/h2,6-9H,4H2,1,3H3,(H,19,21)(H,20,23)(H,22,24)/b13-9-. The molecule has 24 heavy (non-hydrogen) atoms. The number of nitrogens with one attached hydrogen (secondary N) is 3. The van der Waals surface area contributed by atoms with Crippen molar-refractivity contribution in [3.8, 4) is 12.3 Å². The van der Waals surface area contributed by atoms with Crippen LogP contribution >= 0.6 is 0 Å². The molecular weight excluding hydrogens is 304 g/mol. The fourth-order valence-electron chi connectivity index (χ4n) is 2.57. The van der Waals surface area contributed by atoms with Gasteiger partial charge in [-0.3, -0.25) is 9.59 Å². The van der Waals surface area contributed by atoms with E-state index in [2.05, 4.69) is 20.6 Å². The van der Waals surface area contributed by atoms with Crippen LogP contribution in [0.1, 0.15) is 29.7 Å². The van der Waals surface area contributed by atoms with Gasteiger partial charge < -0.3 is 15.6 Å². The molecule has 0 unspecified atom stereocenters. The van der Waals surface area contributed by atoms with Crippen molar-refractivity contribution in [3.05, 3.63) is 41.0 Å². The topological polar surface area (TPSA) is 86.9 Å². The second kappa shape index (κ2) is 6.05. The summed E-state index contributed by atoms with van der Waals surface area (Å²) >= 11 is 0. The molecule has 0 saturated carbocycles. The molecule has 2 heterocycles. The number of terminal acetylenes is 1. The maximum Gasteiger partial charge on any atom is 0.300 e. The van der Waals surface area contributed by atoms with Crippen molar-refractivity contribution in [1.82, 2.24) is 9.97 Å². The molecule has 1 aromatic carbocycles. The molecule has 0 bridgehead atoms. The van der Waals surface area contributed by atoms with Crippen LogP contribution in [0.2, 0.25) is 0 Å². The molecule has 6 nitrogen and oxygen atoms in total. The number of aromatic amines is 1. The number of rotatable bonds is 3. The summed E-state index contributed by atoms with van der Waals surface area (Å²) in [7, 11) is 0. The third kappa shape index (κ3) is 2.79. The Bertz CT molecular complexity index is 916. The molecule has 0 spiro atoms. The van der Waals surface area contributed by atoms with Crippen LogP contribution in [0.15, 0.2) is 18.2 Å². The molecule has 0 fully saturated rings. The summed E-state index contributed by atoms with van der Waals surface area (Å²) in [5, 5.41) is 5.39. The first-order chi connectivity index (χ1) is 11.5. The van der Waals surface area contributed by atoms with Gasteiger partial charge in [0, 0.05) is 23.4 Å². The van der Waals surface area contributed by atoms with Crippen molar-refractivity contribution < 1.29 is 9.59 Å². The van der Waals surface area contributed by atoms with E-state index in [0.717, 1.165) is 23.6 Å². The number of benzene rings is 1. The summed E-state index contributed by atoms with van der Waals surface area (Å²) in [4.78, 5) is 31.2. The molecule has 120 valence electrons. The van der Waals surface area contributed by atoms with Crippen LogP contribution in [0.25, 0.3) is 11.6 Å². The largest absolute Gasteiger partial charge is 0.342 e. The summed E-state index contributed by atoms with van der Waals surface area (Å²) in [6.07, 6.45) is 7.63. The van der Waals surface area contributed by atoms with Gasteiger partial charge in [0.15, 0.2) is 0 Å². The molecule has 0 atom stereocenters. The zero-order valence-corrected chi connectivity index (χ0v) is 13.4. The molecule has 3 N–H and O–H groups in total. The number of fused-ring (bicyclic) bond motifs is 1. The highest BCUT2D eigenvalue weighted by Crippen LogP contribution is 2.35. The normalized spacial score (nSPS) is 14.2. The SMILES string of the molecule is C#CC(=O)Nc1ccc2c(c1)/C(=C/c1[nH]c(CC)nc1C)C(=O)N2. The number of hydrogen-bond donors (Lipinski definition) is 3. The van der Waals surface area contributed by atoms with E-state index in [1.165, 1.54) is 0 Å². The minimum Gasteiger partial charge on any atom is -0.342 e. The van der Waals surface area contributed by atoms with Crippen molar-refractivity contribution in [2.75, 3.05) is 10.6 Å². The molecule has 0 radical (unpaired) electrons. The Balaban J connectivity index is 2.02. The number of carbonyl (C=O) groups excluding carboxylic acids is 2. The van der Waals surface area contributed by atoms with Gasteiger partial charge in [-0.25, -0.2) is 4.98 Å². The lowest BCUT2D eigenvalue weighted by Crippen LogP contribution is -2.07. The van der Waals surface area contributed by atoms with Crippen LogP contribution in [0.5, 0.6) is 0 Å². The number of imidazole rings is 1. The van der Waals surface area contributed by atoms with E-state index >= 15 is 0 Å². The Morgan fingerprint density at radius 1 is 1.46 bits per heavy atom. The van der Waals surface area contributed by atoms with Crippen molar-refractivity contribution in [2.24, 2.45) is 0 Å². The first-order valence-corrected chi connectivity index (χ1v) is 7.52. The average Bonchev–Trinajstić information content (AvgIpc) is 3.08. The Hall–Kier alpha value is -3.33. The molecule has 1 aliphatic heterocycles. The maximum atomic E-state index is 12.3. The van der Waals surface area contributed by atoms with Gasteiger partial charge in [0.25, 0.3) is 11.8 Å². The van der Waals surface area contributed by atoms with Crippen LogP contribution in [-0.4, -0.2) is 21.8 Å². The molecule has 0 saturated heterocycles. The zero-order valence-electron chi connectivity index (χ0n) is 13.4. The van der Waals surface area contributed by atoms with Crippen LogP contribution in [0, 0.1) is 19.3 Å². The Morgan fingerprint density at radius 3 is 2.92 bits per heavy atom. The number of aryl methyl sites for hydroxylation is 2. The molecule has 1 aliphatic rings. The second-order valence-electron chi connectivity index (χ2n) is 5.41. The molecule has 6 heteroatoms. The minimum atomic E-state index is -0.533. The predicted octanol–water partition coefficient (Wildman–Crippen LogP) is 2.34. The molecule has 3 rings (SSSR count). The van der Waals surface area contributed by atoms with Gasteiger partial charge in [-0.05, 0) is 37.1 Å². The van der Waals surface area contributed by atoms with Gasteiger partial charge in [-0.2, -0.15) is 0 Å². The minimum absolute atomic E-state index is 0.197. The highest BCUT2D eigenvalue weighted by Gasteiger charge is 2.25. The number of amides is 2. The maximum absolute atomic E-state index is 12.3. The Labute approximate surface area is 139 Å². The van der Waals surface area contributed by atoms with Gasteiger partial charge in [-0.1, -0.05) is 6.92 Å². The third-order valence-corrected chi connectivity index (χ3v) is 3.79. The van der Waals surface area contributed by atoms with Crippen LogP contribution in [-0.2, 0) is 16.0 Å². The van der Waals surface area contributed by atoms with Gasteiger partial charge in [-0.15, -0.1) is 6.42 Å². The monoisotopic (exact) mass is 320 g/mol. The lowest BCUT2D eigenvalue weighted by atomic mass is 10.0. The molecule has 0 aliphatic carbocycles. The van der Waals surface area contributed by atoms with E-state index in [0.29, 0.717) is 22.5 Å². The van der Waals surface area contributed by atoms with Crippen LogP contribution in [0.4, 0.5) is 11.4 Å². The van der Waals surface area contributed by atoms with E-state index in [9.17, 15) is 9.59 Å². The van der Waals surface area contributed by atoms with E-state index in [1.54, 1.807) is 24.3 Å². The van der Waals surface area contributed by atoms with Gasteiger partial charge in [0.1, 0.15) is 5.82 Å². The third-order valence-electron chi connectivity index (χ3n) is 3.79. The number of H-pyrrole nitrogens is 1. The number of aromatic nitrogens is 2. The number of carbonyl (C=O) groups is 2. The zero-order chi connectivity index (χ0) is 17.3. The number of hydrogen-bond acceptors (Lipinski definition) is 3. The summed E-state index contributed by atoms with van der Waals surface area (Å²) in [5.74, 6) is 2.14. The molecule has 2 aromatic rings. The predicted molar refractivity (Wildman–Crippen MR) is 93.1 cm³/mol. The first-order valence-electron chi connectivity index (χ1n) is 7.52. The summed E-state index contributed by atoms with van der Waals surface area (Å²) < 4.78 is 0. The molecule has 2 amide bonds. The lowest BCUT2D eigenvalue weighted by Gasteiger charge is -2.04. The van der Waals surface area contributed by atoms with Crippen molar-refractivity contribution in [3.63, 3.8) is 0 Å². The Kier molecular flexibility index (Phi) is 3.92. The number of anilines is 2. The fraction of sp³-hybridized carbons (Fsp3) is 0.167. The summed E-state index contributed by atoms with van der Waals surface area (Å²) in [6, 6.07) is 5.15. The Morgan fingerprint density at radius 2 is 2.25 bits per heavy atom. The molecular formula is C18H16N4O2. The first kappa shape index (κ1) is 15.6. The second-order valence-corrected chi connectivity index (χ2v) is 5.41. The van der Waals surface area contributed by atoms with E-state index in [1.807, 2.05) is 19.8 Å². The smallest absolute Gasteiger partial charge is 0.300 e. The van der Waals surface area contributed by atoms with Crippen molar-refractivity contribution in [2.45, 2.75) is 20.3 Å². The molecule has 1 aromatic heterocycles. The van der Waals surface area contributed by atoms with E-state index in [4.69, 9.17) is 6.42 Å². The van der Waals surface area contributed by atoms with Crippen LogP contribution < -0.4 is 10.6 Å². The van der Waals surface area contributed by atoms with Gasteiger partial charge in [0.2, 0.25) is 0 Å². The van der Waals surface area contributed by atoms with E-state index in [-0.39, 0.29) is 5.91 Å². The van der Waals surface area contributed by atoms with E-state index < -0.39 is 5.91 Å². The summed E-state index contributed by atoms with van der Waals surface area (Å²) in [5.41, 5.74) is 4.07. The highest BCUT2D eigenvalue weighted by atomic mass is 16.2. The number of nitrogens with zero attached hydrogens (tertiary/aromatic N) is 1. The quantitative estimate of drug-likeness (QED) is 0.599. The average molecular weight is 320 g/mol. The van der Waals surface area contributed by atoms with Gasteiger partial charge in [0.05, 0.1) is 17.0 Å².